The Bertz CT molecular complexity index is 831. The van der Waals surface area contributed by atoms with Crippen LogP contribution in [-0.4, -0.2) is 65.7 Å². The van der Waals surface area contributed by atoms with Gasteiger partial charge in [-0.2, -0.15) is 5.10 Å². The summed E-state index contributed by atoms with van der Waals surface area (Å²) in [5, 5.41) is 13.0. The smallest absolute Gasteiger partial charge is 0.336 e. The summed E-state index contributed by atoms with van der Waals surface area (Å²) in [4.78, 5) is 27.7. The normalized spacial score (nSPS) is 15.6. The molecule has 0 spiro atoms. The van der Waals surface area contributed by atoms with Crippen LogP contribution in [0.15, 0.2) is 59.7 Å². The predicted octanol–water partition coefficient (Wildman–Crippen LogP) is 1.65. The number of aromatic carboxylic acids is 1. The van der Waals surface area contributed by atoms with Gasteiger partial charge in [-0.15, -0.1) is 0 Å². The van der Waals surface area contributed by atoms with Crippen LogP contribution in [0.3, 0.4) is 0 Å². The molecule has 3 rings (SSSR count). The number of hydrogen-bond donors (Lipinski definition) is 2. The molecular formula is C21H24N4O3. The number of nitrogens with zero attached hydrogens (tertiary/aromatic N) is 3. The second kappa shape index (κ2) is 9.77. The van der Waals surface area contributed by atoms with E-state index in [9.17, 15) is 9.59 Å². The number of benzene rings is 2. The van der Waals surface area contributed by atoms with E-state index in [-0.39, 0.29) is 18.0 Å². The van der Waals surface area contributed by atoms with Crippen molar-refractivity contribution < 1.29 is 14.7 Å². The third-order valence-electron chi connectivity index (χ3n) is 4.67. The van der Waals surface area contributed by atoms with E-state index < -0.39 is 5.97 Å². The Morgan fingerprint density at radius 1 is 0.964 bits per heavy atom. The maximum Gasteiger partial charge on any atom is 0.336 e. The third kappa shape index (κ3) is 5.73. The van der Waals surface area contributed by atoms with Gasteiger partial charge in [-0.3, -0.25) is 14.6 Å². The summed E-state index contributed by atoms with van der Waals surface area (Å²) in [6, 6.07) is 16.9. The SMILES string of the molecule is O=C(CN1CCN(Cc2ccccc2)CC1)N/N=C/c1ccccc1C(=O)O. The van der Waals surface area contributed by atoms with E-state index in [4.69, 9.17) is 5.11 Å². The van der Waals surface area contributed by atoms with E-state index in [1.165, 1.54) is 17.8 Å². The summed E-state index contributed by atoms with van der Waals surface area (Å²) in [5.74, 6) is -1.23. The lowest BCUT2D eigenvalue weighted by molar-refractivity contribution is -0.122. The van der Waals surface area contributed by atoms with Gasteiger partial charge in [-0.1, -0.05) is 48.5 Å². The molecule has 1 aliphatic rings. The highest BCUT2D eigenvalue weighted by Crippen LogP contribution is 2.08. The lowest BCUT2D eigenvalue weighted by atomic mass is 10.1. The largest absolute Gasteiger partial charge is 0.478 e. The van der Waals surface area contributed by atoms with E-state index in [2.05, 4.69) is 32.5 Å². The van der Waals surface area contributed by atoms with Crippen molar-refractivity contribution in [3.63, 3.8) is 0 Å². The number of amides is 1. The summed E-state index contributed by atoms with van der Waals surface area (Å²) >= 11 is 0. The third-order valence-corrected chi connectivity index (χ3v) is 4.67. The van der Waals surface area contributed by atoms with Crippen molar-refractivity contribution in [1.29, 1.82) is 0 Å². The van der Waals surface area contributed by atoms with Gasteiger partial charge >= 0.3 is 5.97 Å². The Hall–Kier alpha value is -3.03. The molecule has 7 heteroatoms. The Labute approximate surface area is 164 Å². The first-order valence-corrected chi connectivity index (χ1v) is 9.24. The van der Waals surface area contributed by atoms with E-state index in [1.54, 1.807) is 18.2 Å². The minimum absolute atomic E-state index is 0.148. The van der Waals surface area contributed by atoms with Crippen LogP contribution in [0, 0.1) is 0 Å². The molecule has 2 N–H and O–H groups in total. The molecule has 7 nitrogen and oxygen atoms in total. The predicted molar refractivity (Wildman–Crippen MR) is 107 cm³/mol. The molecule has 1 amide bonds. The molecule has 146 valence electrons. The van der Waals surface area contributed by atoms with Crippen LogP contribution in [-0.2, 0) is 11.3 Å². The lowest BCUT2D eigenvalue weighted by Gasteiger charge is -2.34. The molecule has 0 aromatic heterocycles. The van der Waals surface area contributed by atoms with Gasteiger partial charge in [0.1, 0.15) is 0 Å². The summed E-state index contributed by atoms with van der Waals surface area (Å²) < 4.78 is 0. The number of carbonyl (C=O) groups is 2. The molecule has 1 saturated heterocycles. The quantitative estimate of drug-likeness (QED) is 0.564. The standard InChI is InChI=1S/C21H24N4O3/c26-20(23-22-14-18-8-4-5-9-19(18)21(27)28)16-25-12-10-24(11-13-25)15-17-6-2-1-3-7-17/h1-9,14H,10-13,15-16H2,(H,23,26)(H,27,28)/b22-14+. The molecule has 2 aromatic carbocycles. The fourth-order valence-electron chi connectivity index (χ4n) is 3.16. The maximum absolute atomic E-state index is 12.1. The number of hydrazone groups is 1. The highest BCUT2D eigenvalue weighted by Gasteiger charge is 2.18. The number of nitrogens with one attached hydrogen (secondary N) is 1. The highest BCUT2D eigenvalue weighted by molar-refractivity contribution is 5.98. The zero-order valence-corrected chi connectivity index (χ0v) is 15.6. The number of carboxylic acid groups (broad SMARTS) is 1. The van der Waals surface area contributed by atoms with Crippen molar-refractivity contribution in [2.45, 2.75) is 6.54 Å². The molecule has 0 bridgehead atoms. The van der Waals surface area contributed by atoms with Gasteiger partial charge in [0.25, 0.3) is 5.91 Å². The Kier molecular flexibility index (Phi) is 6.89. The van der Waals surface area contributed by atoms with E-state index >= 15 is 0 Å². The molecule has 1 aliphatic heterocycles. The number of rotatable bonds is 7. The zero-order chi connectivity index (χ0) is 19.8. The Morgan fingerprint density at radius 3 is 2.32 bits per heavy atom. The van der Waals surface area contributed by atoms with Crippen molar-refractivity contribution in [2.75, 3.05) is 32.7 Å². The molecule has 0 atom stereocenters. The van der Waals surface area contributed by atoms with Gasteiger partial charge < -0.3 is 5.11 Å². The Morgan fingerprint density at radius 2 is 1.61 bits per heavy atom. The zero-order valence-electron chi connectivity index (χ0n) is 15.6. The molecular weight excluding hydrogens is 356 g/mol. The number of piperazine rings is 1. The summed E-state index contributed by atoms with van der Waals surface area (Å²) in [6.45, 7) is 4.68. The molecule has 0 radical (unpaired) electrons. The summed E-state index contributed by atoms with van der Waals surface area (Å²) in [5.41, 5.74) is 4.37. The van der Waals surface area contributed by atoms with Gasteiger partial charge in [0, 0.05) is 38.3 Å². The minimum Gasteiger partial charge on any atom is -0.478 e. The van der Waals surface area contributed by atoms with Gasteiger partial charge in [0.2, 0.25) is 0 Å². The second-order valence-corrected chi connectivity index (χ2v) is 6.72. The van der Waals surface area contributed by atoms with Crippen LogP contribution in [0.25, 0.3) is 0 Å². The van der Waals surface area contributed by atoms with Crippen molar-refractivity contribution >= 4 is 18.1 Å². The van der Waals surface area contributed by atoms with Crippen LogP contribution < -0.4 is 5.43 Å². The van der Waals surface area contributed by atoms with Crippen LogP contribution in [0.1, 0.15) is 21.5 Å². The number of carbonyl (C=O) groups excluding carboxylic acids is 1. The first-order chi connectivity index (χ1) is 13.6. The van der Waals surface area contributed by atoms with Gasteiger partial charge in [-0.05, 0) is 11.6 Å². The summed E-state index contributed by atoms with van der Waals surface area (Å²) in [6.07, 6.45) is 1.36. The molecule has 0 aliphatic carbocycles. The molecule has 1 heterocycles. The van der Waals surface area contributed by atoms with Crippen LogP contribution in [0.2, 0.25) is 0 Å². The van der Waals surface area contributed by atoms with Crippen LogP contribution in [0.4, 0.5) is 0 Å². The van der Waals surface area contributed by atoms with Crippen molar-refractivity contribution in [3.8, 4) is 0 Å². The fourth-order valence-corrected chi connectivity index (χ4v) is 3.16. The molecule has 1 fully saturated rings. The number of hydrogen-bond acceptors (Lipinski definition) is 5. The van der Waals surface area contributed by atoms with E-state index in [0.717, 1.165) is 32.7 Å². The highest BCUT2D eigenvalue weighted by atomic mass is 16.4. The average Bonchev–Trinajstić information content (AvgIpc) is 2.70. The van der Waals surface area contributed by atoms with Gasteiger partial charge in [0.15, 0.2) is 0 Å². The molecule has 28 heavy (non-hydrogen) atoms. The van der Waals surface area contributed by atoms with Crippen molar-refractivity contribution in [3.05, 3.63) is 71.3 Å². The molecule has 2 aromatic rings. The topological polar surface area (TPSA) is 85.2 Å². The number of carboxylic acids is 1. The lowest BCUT2D eigenvalue weighted by Crippen LogP contribution is -2.48. The molecule has 0 unspecified atom stereocenters. The second-order valence-electron chi connectivity index (χ2n) is 6.72. The monoisotopic (exact) mass is 380 g/mol. The van der Waals surface area contributed by atoms with E-state index in [0.29, 0.717) is 5.56 Å². The minimum atomic E-state index is -1.03. The average molecular weight is 380 g/mol. The summed E-state index contributed by atoms with van der Waals surface area (Å²) in [7, 11) is 0. The first kappa shape index (κ1) is 19.7. The Balaban J connectivity index is 1.42. The van der Waals surface area contributed by atoms with Crippen molar-refractivity contribution in [1.82, 2.24) is 15.2 Å². The van der Waals surface area contributed by atoms with Crippen LogP contribution >= 0.6 is 0 Å². The molecule has 0 saturated carbocycles. The van der Waals surface area contributed by atoms with Crippen molar-refractivity contribution in [2.24, 2.45) is 5.10 Å². The first-order valence-electron chi connectivity index (χ1n) is 9.24. The van der Waals surface area contributed by atoms with Gasteiger partial charge in [0.05, 0.1) is 18.3 Å². The van der Waals surface area contributed by atoms with Gasteiger partial charge in [-0.25, -0.2) is 10.2 Å². The maximum atomic E-state index is 12.1. The van der Waals surface area contributed by atoms with E-state index in [1.807, 2.05) is 18.2 Å². The van der Waals surface area contributed by atoms with Crippen LogP contribution in [0.5, 0.6) is 0 Å². The fraction of sp³-hybridized carbons (Fsp3) is 0.286.